The number of fused-ring (bicyclic) bond motifs is 1. The van der Waals surface area contributed by atoms with Gasteiger partial charge in [0.2, 0.25) is 0 Å². The number of aromatic nitrogens is 1. The van der Waals surface area contributed by atoms with Gasteiger partial charge < -0.3 is 14.7 Å². The predicted octanol–water partition coefficient (Wildman–Crippen LogP) is 2.03. The van der Waals surface area contributed by atoms with E-state index in [9.17, 15) is 4.79 Å². The molecule has 0 radical (unpaired) electrons. The summed E-state index contributed by atoms with van der Waals surface area (Å²) in [7, 11) is 2.09. The van der Waals surface area contributed by atoms with E-state index in [-0.39, 0.29) is 5.91 Å². The van der Waals surface area contributed by atoms with E-state index < -0.39 is 0 Å². The van der Waals surface area contributed by atoms with Crippen LogP contribution in [0.15, 0.2) is 42.5 Å². The Bertz CT molecular complexity index is 768. The number of piperazine rings is 1. The van der Waals surface area contributed by atoms with Crippen LogP contribution in [0.3, 0.4) is 0 Å². The minimum atomic E-state index is 0.0485. The summed E-state index contributed by atoms with van der Waals surface area (Å²) in [4.78, 5) is 23.9. The molecule has 0 unspecified atom stereocenters. The maximum Gasteiger partial charge on any atom is 0.272 e. The van der Waals surface area contributed by atoms with Crippen LogP contribution in [0.2, 0.25) is 0 Å². The largest absolute Gasteiger partial charge is 0.352 e. The molecule has 0 atom stereocenters. The van der Waals surface area contributed by atoms with Gasteiger partial charge in [0, 0.05) is 39.3 Å². The van der Waals surface area contributed by atoms with E-state index in [1.165, 1.54) is 11.1 Å². The monoisotopic (exact) mass is 336 g/mol. The van der Waals surface area contributed by atoms with Gasteiger partial charge in [-0.2, -0.15) is 0 Å². The van der Waals surface area contributed by atoms with Gasteiger partial charge in [0.15, 0.2) is 0 Å². The molecule has 1 aromatic carbocycles. The summed E-state index contributed by atoms with van der Waals surface area (Å²) in [6.07, 6.45) is 1.02. The molecule has 5 nitrogen and oxygen atoms in total. The molecule has 2 aliphatic rings. The highest BCUT2D eigenvalue weighted by Crippen LogP contribution is 2.23. The van der Waals surface area contributed by atoms with Crippen LogP contribution in [0, 0.1) is 0 Å². The molecule has 0 aliphatic carbocycles. The van der Waals surface area contributed by atoms with Gasteiger partial charge in [0.1, 0.15) is 11.5 Å². The summed E-state index contributed by atoms with van der Waals surface area (Å²) >= 11 is 0. The minimum absolute atomic E-state index is 0.0485. The van der Waals surface area contributed by atoms with Crippen molar-refractivity contribution in [1.82, 2.24) is 14.8 Å². The van der Waals surface area contributed by atoms with Gasteiger partial charge in [-0.3, -0.25) is 4.79 Å². The number of hydrogen-bond donors (Lipinski definition) is 0. The van der Waals surface area contributed by atoms with Crippen molar-refractivity contribution in [3.05, 3.63) is 59.3 Å². The first-order valence-electron chi connectivity index (χ1n) is 8.97. The number of carbonyl (C=O) groups excluding carboxylic acids is 1. The molecule has 0 saturated carbocycles. The zero-order chi connectivity index (χ0) is 17.2. The third-order valence-corrected chi connectivity index (χ3v) is 5.20. The van der Waals surface area contributed by atoms with E-state index in [0.29, 0.717) is 5.69 Å². The van der Waals surface area contributed by atoms with Crippen LogP contribution in [0.1, 0.15) is 21.6 Å². The lowest BCUT2D eigenvalue weighted by molar-refractivity contribution is 0.0658. The number of amides is 1. The Labute approximate surface area is 148 Å². The molecule has 5 heteroatoms. The Morgan fingerprint density at radius 1 is 0.920 bits per heavy atom. The van der Waals surface area contributed by atoms with Gasteiger partial charge in [0.05, 0.1) is 0 Å². The number of benzene rings is 1. The number of hydrogen-bond acceptors (Lipinski definition) is 4. The van der Waals surface area contributed by atoms with Crippen molar-refractivity contribution < 1.29 is 4.79 Å². The molecular weight excluding hydrogens is 312 g/mol. The van der Waals surface area contributed by atoms with Crippen LogP contribution in [-0.4, -0.2) is 60.5 Å². The Morgan fingerprint density at radius 2 is 1.68 bits per heavy atom. The maximum atomic E-state index is 12.8. The molecule has 130 valence electrons. The minimum Gasteiger partial charge on any atom is -0.352 e. The van der Waals surface area contributed by atoms with Crippen molar-refractivity contribution in [3.8, 4) is 0 Å². The molecule has 2 aromatic rings. The Hall–Kier alpha value is -2.40. The number of rotatable bonds is 2. The van der Waals surface area contributed by atoms with E-state index >= 15 is 0 Å². The van der Waals surface area contributed by atoms with Crippen molar-refractivity contribution in [2.24, 2.45) is 0 Å². The summed E-state index contributed by atoms with van der Waals surface area (Å²) in [6.45, 7) is 5.20. The van der Waals surface area contributed by atoms with Gasteiger partial charge in [-0.05, 0) is 36.7 Å². The fourth-order valence-electron chi connectivity index (χ4n) is 3.58. The van der Waals surface area contributed by atoms with Crippen LogP contribution < -0.4 is 4.90 Å². The van der Waals surface area contributed by atoms with Crippen LogP contribution >= 0.6 is 0 Å². The molecule has 4 rings (SSSR count). The highest BCUT2D eigenvalue weighted by Gasteiger charge is 2.23. The smallest absolute Gasteiger partial charge is 0.272 e. The van der Waals surface area contributed by atoms with Gasteiger partial charge >= 0.3 is 0 Å². The summed E-state index contributed by atoms with van der Waals surface area (Å²) < 4.78 is 0. The average molecular weight is 336 g/mol. The molecule has 1 fully saturated rings. The average Bonchev–Trinajstić information content (AvgIpc) is 2.68. The first-order chi connectivity index (χ1) is 12.2. The van der Waals surface area contributed by atoms with Crippen molar-refractivity contribution in [2.75, 3.05) is 44.7 Å². The number of carbonyl (C=O) groups is 1. The number of nitrogens with zero attached hydrogens (tertiary/aromatic N) is 4. The van der Waals surface area contributed by atoms with Crippen molar-refractivity contribution in [2.45, 2.75) is 13.0 Å². The van der Waals surface area contributed by atoms with Gasteiger partial charge in [0.25, 0.3) is 5.91 Å². The van der Waals surface area contributed by atoms with Crippen LogP contribution in [0.25, 0.3) is 0 Å². The molecule has 0 bridgehead atoms. The zero-order valence-corrected chi connectivity index (χ0v) is 14.7. The lowest BCUT2D eigenvalue weighted by Gasteiger charge is -2.33. The van der Waals surface area contributed by atoms with E-state index in [4.69, 9.17) is 0 Å². The second-order valence-corrected chi connectivity index (χ2v) is 6.92. The standard InChI is InChI=1S/C20H24N4O/c1-22-11-13-23(14-12-22)20(25)18-7-4-8-19(21-18)24-10-9-16-5-2-3-6-17(16)15-24/h2-8H,9-15H2,1H3. The molecule has 3 heterocycles. The summed E-state index contributed by atoms with van der Waals surface area (Å²) in [5, 5.41) is 0. The van der Waals surface area contributed by atoms with Gasteiger partial charge in [-0.15, -0.1) is 0 Å². The molecule has 25 heavy (non-hydrogen) atoms. The summed E-state index contributed by atoms with van der Waals surface area (Å²) in [5.41, 5.74) is 3.33. The van der Waals surface area contributed by atoms with Gasteiger partial charge in [-0.1, -0.05) is 30.3 Å². The zero-order valence-electron chi connectivity index (χ0n) is 14.7. The molecule has 1 saturated heterocycles. The molecule has 1 aromatic heterocycles. The SMILES string of the molecule is CN1CCN(C(=O)c2cccc(N3CCc4ccccc4C3)n2)CC1. The summed E-state index contributed by atoms with van der Waals surface area (Å²) in [6, 6.07) is 14.4. The molecule has 0 N–H and O–H groups in total. The third-order valence-electron chi connectivity index (χ3n) is 5.20. The number of likely N-dealkylation sites (N-methyl/N-ethyl adjacent to an activating group) is 1. The first kappa shape index (κ1) is 16.1. The topological polar surface area (TPSA) is 39.7 Å². The van der Waals surface area contributed by atoms with Crippen LogP contribution in [0.5, 0.6) is 0 Å². The van der Waals surface area contributed by atoms with Crippen LogP contribution in [-0.2, 0) is 13.0 Å². The highest BCUT2D eigenvalue weighted by atomic mass is 16.2. The van der Waals surface area contributed by atoms with E-state index in [0.717, 1.165) is 51.5 Å². The Balaban J connectivity index is 1.51. The lowest BCUT2D eigenvalue weighted by Crippen LogP contribution is -2.47. The van der Waals surface area contributed by atoms with E-state index in [2.05, 4.69) is 46.1 Å². The van der Waals surface area contributed by atoms with Crippen molar-refractivity contribution in [1.29, 1.82) is 0 Å². The number of pyridine rings is 1. The molecule has 0 spiro atoms. The lowest BCUT2D eigenvalue weighted by atomic mass is 10.00. The van der Waals surface area contributed by atoms with Crippen molar-refractivity contribution >= 4 is 11.7 Å². The molecule has 2 aliphatic heterocycles. The third kappa shape index (κ3) is 3.37. The fourth-order valence-corrected chi connectivity index (χ4v) is 3.58. The second-order valence-electron chi connectivity index (χ2n) is 6.92. The normalized spacial score (nSPS) is 18.1. The fraction of sp³-hybridized carbons (Fsp3) is 0.400. The van der Waals surface area contributed by atoms with Crippen molar-refractivity contribution in [3.63, 3.8) is 0 Å². The maximum absolute atomic E-state index is 12.8. The molecule has 1 amide bonds. The summed E-state index contributed by atoms with van der Waals surface area (Å²) in [5.74, 6) is 0.946. The Kier molecular flexibility index (Phi) is 4.40. The quantitative estimate of drug-likeness (QED) is 0.841. The van der Waals surface area contributed by atoms with E-state index in [1.807, 2.05) is 23.1 Å². The molecular formula is C20H24N4O. The highest BCUT2D eigenvalue weighted by molar-refractivity contribution is 5.92. The number of anilines is 1. The first-order valence-corrected chi connectivity index (χ1v) is 8.97. The van der Waals surface area contributed by atoms with E-state index in [1.54, 1.807) is 0 Å². The Morgan fingerprint density at radius 3 is 2.48 bits per heavy atom. The second kappa shape index (κ2) is 6.84. The predicted molar refractivity (Wildman–Crippen MR) is 98.8 cm³/mol. The van der Waals surface area contributed by atoms with Gasteiger partial charge in [-0.25, -0.2) is 4.98 Å². The van der Waals surface area contributed by atoms with Crippen LogP contribution in [0.4, 0.5) is 5.82 Å².